The first kappa shape index (κ1) is 18.8. The molecule has 152 valence electrons. The number of pyridine rings is 2. The molecular weight excluding hydrogens is 384 g/mol. The van der Waals surface area contributed by atoms with Gasteiger partial charge < -0.3 is 5.73 Å². The van der Waals surface area contributed by atoms with Crippen LogP contribution >= 0.6 is 0 Å². The average molecular weight is 405 g/mol. The first-order chi connectivity index (χ1) is 14.6. The Morgan fingerprint density at radius 1 is 1.00 bits per heavy atom. The van der Waals surface area contributed by atoms with Crippen LogP contribution in [-0.4, -0.2) is 38.6 Å². The molecule has 5 rings (SSSR count). The lowest BCUT2D eigenvalue weighted by Crippen LogP contribution is -2.26. The number of nitrogens with two attached hydrogens (primary N) is 1. The van der Waals surface area contributed by atoms with Gasteiger partial charge in [0.2, 0.25) is 0 Å². The van der Waals surface area contributed by atoms with Crippen LogP contribution in [0.25, 0.3) is 27.9 Å². The molecule has 1 aliphatic rings. The van der Waals surface area contributed by atoms with Gasteiger partial charge in [-0.25, -0.2) is 13.3 Å². The first-order valence-electron chi connectivity index (χ1n) is 9.93. The predicted octanol–water partition coefficient (Wildman–Crippen LogP) is 3.87. The third kappa shape index (κ3) is 3.46. The van der Waals surface area contributed by atoms with Crippen molar-refractivity contribution in [3.8, 4) is 22.4 Å². The molecule has 1 fully saturated rings. The molecule has 0 radical (unpaired) electrons. The van der Waals surface area contributed by atoms with Crippen molar-refractivity contribution < 1.29 is 8.78 Å². The Labute approximate surface area is 172 Å². The topological polar surface area (TPSA) is 59.5 Å². The van der Waals surface area contributed by atoms with Gasteiger partial charge in [-0.2, -0.15) is 5.10 Å². The summed E-state index contributed by atoms with van der Waals surface area (Å²) in [5.74, 6) is -1.77. The van der Waals surface area contributed by atoms with Crippen LogP contribution in [0, 0.1) is 11.6 Å². The summed E-state index contributed by atoms with van der Waals surface area (Å²) >= 11 is 0. The number of rotatable bonds is 4. The molecule has 1 aromatic carbocycles. The highest BCUT2D eigenvalue weighted by Gasteiger charge is 2.21. The maximum atomic E-state index is 13.9. The minimum atomic E-state index is -0.892. The van der Waals surface area contributed by atoms with E-state index in [0.717, 1.165) is 54.3 Å². The van der Waals surface area contributed by atoms with Gasteiger partial charge in [0.05, 0.1) is 5.52 Å². The highest BCUT2D eigenvalue weighted by molar-refractivity contribution is 5.92. The fourth-order valence-corrected chi connectivity index (χ4v) is 4.10. The smallest absolute Gasteiger partial charge is 0.159 e. The van der Waals surface area contributed by atoms with Crippen molar-refractivity contribution in [2.24, 2.45) is 5.73 Å². The average Bonchev–Trinajstić information content (AvgIpc) is 3.33. The number of likely N-dealkylation sites (tertiary alicyclic amines) is 1. The quantitative estimate of drug-likeness (QED) is 0.560. The molecule has 30 heavy (non-hydrogen) atoms. The number of fused-ring (bicyclic) bond motifs is 1. The molecule has 1 aliphatic heterocycles. The summed E-state index contributed by atoms with van der Waals surface area (Å²) in [6.45, 7) is 2.68. The molecule has 1 saturated heterocycles. The molecule has 0 spiro atoms. The van der Waals surface area contributed by atoms with Crippen molar-refractivity contribution >= 4 is 5.52 Å². The second-order valence-electron chi connectivity index (χ2n) is 7.74. The van der Waals surface area contributed by atoms with Crippen molar-refractivity contribution in [2.45, 2.75) is 19.0 Å². The fraction of sp³-hybridized carbons (Fsp3) is 0.217. The van der Waals surface area contributed by atoms with Crippen LogP contribution in [-0.2, 0) is 6.54 Å². The third-order valence-corrected chi connectivity index (χ3v) is 5.57. The Morgan fingerprint density at radius 2 is 1.83 bits per heavy atom. The molecule has 0 aliphatic carbocycles. The highest BCUT2D eigenvalue weighted by Crippen LogP contribution is 2.35. The van der Waals surface area contributed by atoms with E-state index in [1.165, 1.54) is 6.07 Å². The highest BCUT2D eigenvalue weighted by atomic mass is 19.2. The summed E-state index contributed by atoms with van der Waals surface area (Å²) in [5.41, 5.74) is 10.9. The van der Waals surface area contributed by atoms with Crippen LogP contribution in [0.5, 0.6) is 0 Å². The number of aromatic nitrogens is 3. The van der Waals surface area contributed by atoms with E-state index in [2.05, 4.69) is 16.0 Å². The van der Waals surface area contributed by atoms with E-state index in [1.807, 2.05) is 28.9 Å². The van der Waals surface area contributed by atoms with E-state index >= 15 is 0 Å². The maximum Gasteiger partial charge on any atom is 0.159 e. The number of hydrogen-bond donors (Lipinski definition) is 1. The molecule has 0 unspecified atom stereocenters. The molecule has 4 heterocycles. The predicted molar refractivity (Wildman–Crippen MR) is 112 cm³/mol. The molecule has 3 aromatic heterocycles. The summed E-state index contributed by atoms with van der Waals surface area (Å²) < 4.78 is 29.3. The van der Waals surface area contributed by atoms with E-state index in [1.54, 1.807) is 18.5 Å². The van der Waals surface area contributed by atoms with Crippen molar-refractivity contribution in [1.29, 1.82) is 0 Å². The van der Waals surface area contributed by atoms with E-state index in [4.69, 9.17) is 10.8 Å². The summed E-state index contributed by atoms with van der Waals surface area (Å²) in [6, 6.07) is 12.0. The molecule has 7 heteroatoms. The molecular formula is C23H21F2N5. The molecule has 0 bridgehead atoms. The van der Waals surface area contributed by atoms with E-state index < -0.39 is 11.6 Å². The molecule has 2 N–H and O–H groups in total. The van der Waals surface area contributed by atoms with Crippen LogP contribution in [0.1, 0.15) is 12.0 Å². The van der Waals surface area contributed by atoms with Gasteiger partial charge in [0, 0.05) is 55.4 Å². The SMILES string of the molecule is N[C@@H]1CCN(Cc2ccc3c(-c4ccncc4)c(-c4ccc(F)c(F)c4)nn3c2)C1. The van der Waals surface area contributed by atoms with Crippen molar-refractivity contribution in [3.63, 3.8) is 0 Å². The first-order valence-corrected chi connectivity index (χ1v) is 9.93. The normalized spacial score (nSPS) is 17.1. The Kier molecular flexibility index (Phi) is 4.77. The monoisotopic (exact) mass is 405 g/mol. The maximum absolute atomic E-state index is 13.9. The number of halogens is 2. The Morgan fingerprint density at radius 3 is 2.57 bits per heavy atom. The lowest BCUT2D eigenvalue weighted by Gasteiger charge is -2.15. The molecule has 0 saturated carbocycles. The van der Waals surface area contributed by atoms with Gasteiger partial charge in [-0.3, -0.25) is 9.88 Å². The van der Waals surface area contributed by atoms with Crippen LogP contribution in [0.2, 0.25) is 0 Å². The van der Waals surface area contributed by atoms with Crippen LogP contribution in [0.3, 0.4) is 0 Å². The minimum Gasteiger partial charge on any atom is -0.326 e. The van der Waals surface area contributed by atoms with Gasteiger partial charge in [-0.15, -0.1) is 0 Å². The van der Waals surface area contributed by atoms with Gasteiger partial charge in [0.15, 0.2) is 11.6 Å². The summed E-state index contributed by atoms with van der Waals surface area (Å²) in [6.07, 6.45) is 6.42. The summed E-state index contributed by atoms with van der Waals surface area (Å²) in [4.78, 5) is 6.42. The van der Waals surface area contributed by atoms with Gasteiger partial charge >= 0.3 is 0 Å². The van der Waals surface area contributed by atoms with Crippen LogP contribution in [0.15, 0.2) is 61.1 Å². The molecule has 1 atom stereocenters. The van der Waals surface area contributed by atoms with Gasteiger partial charge in [0.25, 0.3) is 0 Å². The minimum absolute atomic E-state index is 0.233. The van der Waals surface area contributed by atoms with E-state index in [9.17, 15) is 8.78 Å². The standard InChI is InChI=1S/C23H21F2N5/c24-19-3-2-17(11-20(19)25)23-22(16-5-8-27-9-6-16)21-4-1-15(13-30(21)28-23)12-29-10-7-18(26)14-29/h1-6,8-9,11,13,18H,7,10,12,14,26H2/t18-/m1/s1. The van der Waals surface area contributed by atoms with Crippen molar-refractivity contribution in [3.05, 3.63) is 78.3 Å². The Bertz CT molecular complexity index is 1210. The number of benzene rings is 1. The number of hydrogen-bond acceptors (Lipinski definition) is 4. The Hall–Kier alpha value is -3.16. The van der Waals surface area contributed by atoms with Gasteiger partial charge in [-0.05, 0) is 53.9 Å². The summed E-state index contributed by atoms with van der Waals surface area (Å²) in [7, 11) is 0. The van der Waals surface area contributed by atoms with Crippen molar-refractivity contribution in [2.75, 3.05) is 13.1 Å². The number of nitrogens with zero attached hydrogens (tertiary/aromatic N) is 4. The van der Waals surface area contributed by atoms with Crippen LogP contribution < -0.4 is 5.73 Å². The summed E-state index contributed by atoms with van der Waals surface area (Å²) in [5, 5.41) is 4.74. The Balaban J connectivity index is 1.63. The largest absolute Gasteiger partial charge is 0.326 e. The molecule has 0 amide bonds. The molecule has 4 aromatic rings. The lowest BCUT2D eigenvalue weighted by molar-refractivity contribution is 0.326. The zero-order chi connectivity index (χ0) is 20.7. The third-order valence-electron chi connectivity index (χ3n) is 5.57. The van der Waals surface area contributed by atoms with Gasteiger partial charge in [-0.1, -0.05) is 6.07 Å². The lowest BCUT2D eigenvalue weighted by atomic mass is 10.0. The van der Waals surface area contributed by atoms with E-state index in [0.29, 0.717) is 11.3 Å². The zero-order valence-corrected chi connectivity index (χ0v) is 16.3. The van der Waals surface area contributed by atoms with E-state index in [-0.39, 0.29) is 6.04 Å². The van der Waals surface area contributed by atoms with Gasteiger partial charge in [0.1, 0.15) is 5.69 Å². The van der Waals surface area contributed by atoms with Crippen molar-refractivity contribution in [1.82, 2.24) is 19.5 Å². The second-order valence-corrected chi connectivity index (χ2v) is 7.74. The fourth-order valence-electron chi connectivity index (χ4n) is 4.10. The molecule has 5 nitrogen and oxygen atoms in total. The zero-order valence-electron chi connectivity index (χ0n) is 16.3. The van der Waals surface area contributed by atoms with Crippen LogP contribution in [0.4, 0.5) is 8.78 Å². The second kappa shape index (κ2) is 7.59.